The van der Waals surface area contributed by atoms with Crippen LogP contribution < -0.4 is 0 Å². The predicted molar refractivity (Wildman–Crippen MR) is 66.9 cm³/mol. The molecule has 13 heavy (non-hydrogen) atoms. The Kier molecular flexibility index (Phi) is 6.56. The van der Waals surface area contributed by atoms with Crippen molar-refractivity contribution in [2.75, 3.05) is 16.8 Å². The van der Waals surface area contributed by atoms with Gasteiger partial charge >= 0.3 is 0 Å². The van der Waals surface area contributed by atoms with E-state index in [2.05, 4.69) is 34.6 Å². The molecule has 0 nitrogen and oxygen atoms in total. The van der Waals surface area contributed by atoms with E-state index < -0.39 is 0 Å². The molecular weight excluding hydrogens is 244 g/mol. The van der Waals surface area contributed by atoms with Crippen molar-refractivity contribution in [3.8, 4) is 0 Å². The molecule has 0 saturated heterocycles. The highest BCUT2D eigenvalue weighted by Crippen LogP contribution is 2.28. The molecule has 0 heterocycles. The van der Waals surface area contributed by atoms with Crippen molar-refractivity contribution in [1.82, 2.24) is 0 Å². The maximum absolute atomic E-state index is 3.58. The van der Waals surface area contributed by atoms with Crippen LogP contribution in [0, 0.1) is 11.8 Å². The molecule has 0 bridgehead atoms. The minimum Gasteiger partial charge on any atom is -0.161 e. The van der Waals surface area contributed by atoms with Crippen LogP contribution in [0.25, 0.3) is 0 Å². The average molecular weight is 265 g/mol. The fourth-order valence-electron chi connectivity index (χ4n) is 1.85. The standard InChI is InChI=1S/C11H21BrS/c1-2-10(7-12)8-13-9-11-5-3-4-6-11/h10-11H,2-9H2,1H3. The van der Waals surface area contributed by atoms with Gasteiger partial charge < -0.3 is 0 Å². The van der Waals surface area contributed by atoms with E-state index in [-0.39, 0.29) is 0 Å². The zero-order valence-corrected chi connectivity index (χ0v) is 11.0. The Morgan fingerprint density at radius 1 is 1.38 bits per heavy atom. The lowest BCUT2D eigenvalue weighted by molar-refractivity contribution is 0.616. The molecule has 0 aliphatic heterocycles. The van der Waals surface area contributed by atoms with Gasteiger partial charge in [-0.3, -0.25) is 0 Å². The van der Waals surface area contributed by atoms with E-state index in [0.29, 0.717) is 0 Å². The van der Waals surface area contributed by atoms with Gasteiger partial charge in [0, 0.05) is 5.33 Å². The summed E-state index contributed by atoms with van der Waals surface area (Å²) < 4.78 is 0. The molecule has 1 unspecified atom stereocenters. The smallest absolute Gasteiger partial charge is 0.00674 e. The summed E-state index contributed by atoms with van der Waals surface area (Å²) in [5.74, 6) is 4.73. The van der Waals surface area contributed by atoms with Gasteiger partial charge in [-0.05, 0) is 36.2 Å². The van der Waals surface area contributed by atoms with E-state index in [9.17, 15) is 0 Å². The number of thioether (sulfide) groups is 1. The summed E-state index contributed by atoms with van der Waals surface area (Å²) in [5, 5.41) is 1.18. The van der Waals surface area contributed by atoms with E-state index in [1.165, 1.54) is 48.9 Å². The quantitative estimate of drug-likeness (QED) is 0.644. The van der Waals surface area contributed by atoms with Crippen LogP contribution in [0.15, 0.2) is 0 Å². The summed E-state index contributed by atoms with van der Waals surface area (Å²) in [5.41, 5.74) is 0. The SMILES string of the molecule is CCC(CBr)CSCC1CCCC1. The van der Waals surface area contributed by atoms with Crippen LogP contribution in [0.4, 0.5) is 0 Å². The molecule has 2 heteroatoms. The Balaban J connectivity index is 1.98. The number of alkyl halides is 1. The van der Waals surface area contributed by atoms with E-state index in [1.807, 2.05) is 0 Å². The molecule has 0 aromatic carbocycles. The lowest BCUT2D eigenvalue weighted by atomic mass is 10.1. The van der Waals surface area contributed by atoms with Crippen molar-refractivity contribution < 1.29 is 0 Å². The van der Waals surface area contributed by atoms with E-state index in [1.54, 1.807) is 0 Å². The van der Waals surface area contributed by atoms with Gasteiger partial charge in [0.15, 0.2) is 0 Å². The Labute approximate surface area is 95.4 Å². The number of halogens is 1. The Bertz CT molecular complexity index is 115. The first-order valence-corrected chi connectivity index (χ1v) is 7.78. The molecule has 1 aliphatic rings. The zero-order chi connectivity index (χ0) is 9.52. The molecule has 78 valence electrons. The second-order valence-corrected chi connectivity index (χ2v) is 5.84. The molecule has 1 rings (SSSR count). The minimum atomic E-state index is 0.895. The van der Waals surface area contributed by atoms with Crippen LogP contribution in [-0.4, -0.2) is 16.8 Å². The maximum Gasteiger partial charge on any atom is 0.00674 e. The number of rotatable bonds is 6. The maximum atomic E-state index is 3.58. The molecule has 0 spiro atoms. The largest absolute Gasteiger partial charge is 0.161 e. The molecule has 1 saturated carbocycles. The monoisotopic (exact) mass is 264 g/mol. The minimum absolute atomic E-state index is 0.895. The van der Waals surface area contributed by atoms with Gasteiger partial charge in [0.1, 0.15) is 0 Å². The highest BCUT2D eigenvalue weighted by atomic mass is 79.9. The summed E-state index contributed by atoms with van der Waals surface area (Å²) in [4.78, 5) is 0. The predicted octanol–water partition coefficient (Wildman–Crippen LogP) is 4.33. The molecule has 0 radical (unpaired) electrons. The lowest BCUT2D eigenvalue weighted by Gasteiger charge is -2.13. The second-order valence-electron chi connectivity index (χ2n) is 4.12. The zero-order valence-electron chi connectivity index (χ0n) is 8.60. The second kappa shape index (κ2) is 7.17. The summed E-state index contributed by atoms with van der Waals surface area (Å²) >= 11 is 5.75. The molecule has 0 N–H and O–H groups in total. The Hall–Kier alpha value is 0.830. The van der Waals surface area contributed by atoms with Gasteiger partial charge in [0.25, 0.3) is 0 Å². The Morgan fingerprint density at radius 3 is 2.62 bits per heavy atom. The summed E-state index contributed by atoms with van der Waals surface area (Å²) in [6.07, 6.45) is 7.29. The van der Waals surface area contributed by atoms with Crippen LogP contribution in [0.1, 0.15) is 39.0 Å². The molecule has 1 fully saturated rings. The third-order valence-electron chi connectivity index (χ3n) is 2.98. The van der Waals surface area contributed by atoms with E-state index in [0.717, 1.165) is 11.8 Å². The first-order valence-electron chi connectivity index (χ1n) is 5.50. The summed E-state index contributed by atoms with van der Waals surface area (Å²) in [7, 11) is 0. The van der Waals surface area contributed by atoms with Crippen LogP contribution in [0.5, 0.6) is 0 Å². The van der Waals surface area contributed by atoms with Gasteiger partial charge in [-0.25, -0.2) is 0 Å². The topological polar surface area (TPSA) is 0 Å². The van der Waals surface area contributed by atoms with Gasteiger partial charge in [-0.2, -0.15) is 11.8 Å². The number of hydrogen-bond donors (Lipinski definition) is 0. The first kappa shape index (κ1) is 11.9. The van der Waals surface area contributed by atoms with E-state index in [4.69, 9.17) is 0 Å². The molecular formula is C11H21BrS. The Morgan fingerprint density at radius 2 is 2.08 bits per heavy atom. The van der Waals surface area contributed by atoms with Crippen molar-refractivity contribution in [3.63, 3.8) is 0 Å². The summed E-state index contributed by atoms with van der Waals surface area (Å²) in [6, 6.07) is 0. The van der Waals surface area contributed by atoms with Gasteiger partial charge in [-0.1, -0.05) is 42.1 Å². The van der Waals surface area contributed by atoms with E-state index >= 15 is 0 Å². The normalized spacial score (nSPS) is 20.8. The number of hydrogen-bond acceptors (Lipinski definition) is 1. The third kappa shape index (κ3) is 4.73. The van der Waals surface area contributed by atoms with Gasteiger partial charge in [0.05, 0.1) is 0 Å². The van der Waals surface area contributed by atoms with Crippen molar-refractivity contribution in [2.45, 2.75) is 39.0 Å². The van der Waals surface area contributed by atoms with Crippen molar-refractivity contribution >= 4 is 27.7 Å². The van der Waals surface area contributed by atoms with Crippen molar-refractivity contribution in [1.29, 1.82) is 0 Å². The van der Waals surface area contributed by atoms with Crippen molar-refractivity contribution in [2.24, 2.45) is 11.8 Å². The fraction of sp³-hybridized carbons (Fsp3) is 1.00. The lowest BCUT2D eigenvalue weighted by Crippen LogP contribution is -2.06. The van der Waals surface area contributed by atoms with Crippen LogP contribution in [0.2, 0.25) is 0 Å². The molecule has 1 aliphatic carbocycles. The highest BCUT2D eigenvalue weighted by Gasteiger charge is 2.15. The molecule has 1 atom stereocenters. The highest BCUT2D eigenvalue weighted by molar-refractivity contribution is 9.09. The fourth-order valence-corrected chi connectivity index (χ4v) is 4.33. The average Bonchev–Trinajstić information content (AvgIpc) is 2.65. The first-order chi connectivity index (χ1) is 6.36. The van der Waals surface area contributed by atoms with Gasteiger partial charge in [-0.15, -0.1) is 0 Å². The molecule has 0 aromatic rings. The molecule has 0 amide bonds. The van der Waals surface area contributed by atoms with Crippen LogP contribution >= 0.6 is 27.7 Å². The third-order valence-corrected chi connectivity index (χ3v) is 5.31. The summed E-state index contributed by atoms with van der Waals surface area (Å²) in [6.45, 7) is 2.29. The van der Waals surface area contributed by atoms with Crippen LogP contribution in [0.3, 0.4) is 0 Å². The van der Waals surface area contributed by atoms with Crippen molar-refractivity contribution in [3.05, 3.63) is 0 Å². The van der Waals surface area contributed by atoms with Crippen LogP contribution in [-0.2, 0) is 0 Å². The van der Waals surface area contributed by atoms with Gasteiger partial charge in [0.2, 0.25) is 0 Å². The molecule has 0 aromatic heterocycles.